The Morgan fingerprint density at radius 2 is 2.27 bits per heavy atom. The minimum Gasteiger partial charge on any atom is -0.466 e. The van der Waals surface area contributed by atoms with Gasteiger partial charge in [0.1, 0.15) is 5.76 Å². The van der Waals surface area contributed by atoms with E-state index in [2.05, 4.69) is 4.98 Å². The standard InChI is InChI=1S/C12H13NO2/c1-2-9-5-3-7-13-11(9)12(14)10-6-4-8-15-10/h3-8,12,14H,2H2,1H3. The van der Waals surface area contributed by atoms with Gasteiger partial charge in [-0.25, -0.2) is 0 Å². The monoisotopic (exact) mass is 203 g/mol. The highest BCUT2D eigenvalue weighted by atomic mass is 16.4. The number of rotatable bonds is 3. The number of pyridine rings is 1. The predicted octanol–water partition coefficient (Wildman–Crippen LogP) is 2.32. The molecule has 0 fully saturated rings. The number of aromatic nitrogens is 1. The minimum absolute atomic E-state index is 0.531. The van der Waals surface area contributed by atoms with Gasteiger partial charge < -0.3 is 9.52 Å². The molecule has 1 unspecified atom stereocenters. The summed E-state index contributed by atoms with van der Waals surface area (Å²) < 4.78 is 5.16. The molecule has 15 heavy (non-hydrogen) atoms. The lowest BCUT2D eigenvalue weighted by Crippen LogP contribution is -2.04. The molecule has 1 atom stereocenters. The first kappa shape index (κ1) is 9.93. The molecule has 2 aromatic rings. The van der Waals surface area contributed by atoms with E-state index in [4.69, 9.17) is 4.42 Å². The van der Waals surface area contributed by atoms with Gasteiger partial charge in [-0.2, -0.15) is 0 Å². The molecule has 2 aromatic heterocycles. The molecule has 78 valence electrons. The van der Waals surface area contributed by atoms with E-state index in [-0.39, 0.29) is 0 Å². The zero-order chi connectivity index (χ0) is 10.7. The van der Waals surface area contributed by atoms with Crippen LogP contribution in [0.25, 0.3) is 0 Å². The number of nitrogens with zero attached hydrogens (tertiary/aromatic N) is 1. The second-order valence-corrected chi connectivity index (χ2v) is 3.32. The Hall–Kier alpha value is -1.61. The van der Waals surface area contributed by atoms with E-state index in [1.165, 1.54) is 0 Å². The second-order valence-electron chi connectivity index (χ2n) is 3.32. The average Bonchev–Trinajstić information content (AvgIpc) is 2.81. The van der Waals surface area contributed by atoms with Gasteiger partial charge in [-0.3, -0.25) is 4.98 Å². The van der Waals surface area contributed by atoms with Crippen LogP contribution >= 0.6 is 0 Å². The molecule has 0 aliphatic carbocycles. The lowest BCUT2D eigenvalue weighted by Gasteiger charge is -2.10. The zero-order valence-corrected chi connectivity index (χ0v) is 8.55. The van der Waals surface area contributed by atoms with Gasteiger partial charge >= 0.3 is 0 Å². The van der Waals surface area contributed by atoms with Crippen LogP contribution in [0.2, 0.25) is 0 Å². The molecule has 0 aliphatic rings. The highest BCUT2D eigenvalue weighted by molar-refractivity contribution is 5.26. The van der Waals surface area contributed by atoms with Crippen LogP contribution < -0.4 is 0 Å². The van der Waals surface area contributed by atoms with Crippen molar-refractivity contribution >= 4 is 0 Å². The molecular weight excluding hydrogens is 190 g/mol. The molecule has 1 N–H and O–H groups in total. The van der Waals surface area contributed by atoms with Gasteiger partial charge in [0.2, 0.25) is 0 Å². The quantitative estimate of drug-likeness (QED) is 0.832. The van der Waals surface area contributed by atoms with Crippen molar-refractivity contribution in [3.05, 3.63) is 53.7 Å². The van der Waals surface area contributed by atoms with Gasteiger partial charge in [-0.15, -0.1) is 0 Å². The number of aliphatic hydroxyl groups excluding tert-OH is 1. The first-order valence-corrected chi connectivity index (χ1v) is 4.98. The van der Waals surface area contributed by atoms with Crippen molar-refractivity contribution in [1.82, 2.24) is 4.98 Å². The molecule has 0 saturated heterocycles. The fourth-order valence-electron chi connectivity index (χ4n) is 1.58. The number of hydrogen-bond donors (Lipinski definition) is 1. The summed E-state index contributed by atoms with van der Waals surface area (Å²) in [5.41, 5.74) is 1.72. The van der Waals surface area contributed by atoms with Crippen LogP contribution in [0.3, 0.4) is 0 Å². The first-order chi connectivity index (χ1) is 7.33. The van der Waals surface area contributed by atoms with Crippen LogP contribution in [0.15, 0.2) is 41.1 Å². The molecule has 0 radical (unpaired) electrons. The van der Waals surface area contributed by atoms with E-state index in [1.54, 1.807) is 24.6 Å². The molecule has 3 nitrogen and oxygen atoms in total. The average molecular weight is 203 g/mol. The van der Waals surface area contributed by atoms with Crippen LogP contribution in [0.4, 0.5) is 0 Å². The maximum atomic E-state index is 10.0. The first-order valence-electron chi connectivity index (χ1n) is 4.98. The van der Waals surface area contributed by atoms with Crippen molar-refractivity contribution in [2.45, 2.75) is 19.4 Å². The Balaban J connectivity index is 2.37. The van der Waals surface area contributed by atoms with Crippen LogP contribution in [0.1, 0.15) is 30.0 Å². The van der Waals surface area contributed by atoms with Crippen molar-refractivity contribution < 1.29 is 9.52 Å². The minimum atomic E-state index is -0.767. The third kappa shape index (κ3) is 1.92. The third-order valence-electron chi connectivity index (χ3n) is 2.38. The van der Waals surface area contributed by atoms with E-state index in [0.29, 0.717) is 11.5 Å². The summed E-state index contributed by atoms with van der Waals surface area (Å²) in [5, 5.41) is 10.0. The SMILES string of the molecule is CCc1cccnc1C(O)c1ccco1. The molecule has 0 saturated carbocycles. The Morgan fingerprint density at radius 1 is 1.40 bits per heavy atom. The lowest BCUT2D eigenvalue weighted by molar-refractivity contribution is 0.184. The van der Waals surface area contributed by atoms with Crippen LogP contribution in [-0.4, -0.2) is 10.1 Å². The van der Waals surface area contributed by atoms with Crippen LogP contribution in [0.5, 0.6) is 0 Å². The van der Waals surface area contributed by atoms with E-state index >= 15 is 0 Å². The summed E-state index contributed by atoms with van der Waals surface area (Å²) in [6.07, 6.45) is 3.31. The Morgan fingerprint density at radius 3 is 2.93 bits per heavy atom. The third-order valence-corrected chi connectivity index (χ3v) is 2.38. The smallest absolute Gasteiger partial charge is 0.154 e. The van der Waals surface area contributed by atoms with Crippen LogP contribution in [0, 0.1) is 0 Å². The van der Waals surface area contributed by atoms with Crippen LogP contribution in [-0.2, 0) is 6.42 Å². The predicted molar refractivity (Wildman–Crippen MR) is 56.4 cm³/mol. The Labute approximate surface area is 88.4 Å². The molecule has 0 amide bonds. The molecule has 2 rings (SSSR count). The molecule has 2 heterocycles. The fraction of sp³-hybridized carbons (Fsp3) is 0.250. The fourth-order valence-corrected chi connectivity index (χ4v) is 1.58. The molecule has 3 heteroatoms. The van der Waals surface area contributed by atoms with Crippen molar-refractivity contribution in [3.63, 3.8) is 0 Å². The molecular formula is C12H13NO2. The number of furan rings is 1. The van der Waals surface area contributed by atoms with E-state index in [1.807, 2.05) is 19.1 Å². The normalized spacial score (nSPS) is 12.7. The molecule has 0 spiro atoms. The van der Waals surface area contributed by atoms with Crippen molar-refractivity contribution in [1.29, 1.82) is 0 Å². The van der Waals surface area contributed by atoms with Gasteiger partial charge in [0.05, 0.1) is 12.0 Å². The largest absolute Gasteiger partial charge is 0.466 e. The number of aryl methyl sites for hydroxylation is 1. The highest BCUT2D eigenvalue weighted by Gasteiger charge is 2.17. The Bertz CT molecular complexity index is 423. The number of hydrogen-bond acceptors (Lipinski definition) is 3. The summed E-state index contributed by atoms with van der Waals surface area (Å²) >= 11 is 0. The topological polar surface area (TPSA) is 46.3 Å². The van der Waals surface area contributed by atoms with Gasteiger partial charge in [0.15, 0.2) is 6.10 Å². The van der Waals surface area contributed by atoms with Gasteiger partial charge in [-0.1, -0.05) is 13.0 Å². The molecule has 0 bridgehead atoms. The summed E-state index contributed by atoms with van der Waals surface area (Å²) in [7, 11) is 0. The summed E-state index contributed by atoms with van der Waals surface area (Å²) in [6.45, 7) is 2.04. The second kappa shape index (κ2) is 4.28. The summed E-state index contributed by atoms with van der Waals surface area (Å²) in [4.78, 5) is 4.20. The van der Waals surface area contributed by atoms with Gasteiger partial charge in [-0.05, 0) is 30.2 Å². The van der Waals surface area contributed by atoms with Crippen molar-refractivity contribution in [2.24, 2.45) is 0 Å². The zero-order valence-electron chi connectivity index (χ0n) is 8.55. The van der Waals surface area contributed by atoms with Crippen molar-refractivity contribution in [2.75, 3.05) is 0 Å². The van der Waals surface area contributed by atoms with Crippen molar-refractivity contribution in [3.8, 4) is 0 Å². The maximum Gasteiger partial charge on any atom is 0.154 e. The highest BCUT2D eigenvalue weighted by Crippen LogP contribution is 2.23. The van der Waals surface area contributed by atoms with Gasteiger partial charge in [0, 0.05) is 6.20 Å². The molecule has 0 aromatic carbocycles. The maximum absolute atomic E-state index is 10.0. The summed E-state index contributed by atoms with van der Waals surface area (Å²) in [5.74, 6) is 0.531. The van der Waals surface area contributed by atoms with E-state index < -0.39 is 6.10 Å². The van der Waals surface area contributed by atoms with E-state index in [0.717, 1.165) is 12.0 Å². The Kier molecular flexibility index (Phi) is 2.83. The lowest BCUT2D eigenvalue weighted by atomic mass is 10.1. The van der Waals surface area contributed by atoms with Gasteiger partial charge in [0.25, 0.3) is 0 Å². The summed E-state index contributed by atoms with van der Waals surface area (Å²) in [6, 6.07) is 7.34. The molecule has 0 aliphatic heterocycles. The van der Waals surface area contributed by atoms with E-state index in [9.17, 15) is 5.11 Å². The number of aliphatic hydroxyl groups is 1.